The molecule has 1 aromatic carbocycles. The van der Waals surface area contributed by atoms with Gasteiger partial charge in [0.05, 0.1) is 5.69 Å². The molecule has 3 nitrogen and oxygen atoms in total. The molecule has 1 aliphatic rings. The van der Waals surface area contributed by atoms with E-state index in [1.54, 1.807) is 0 Å². The Kier molecular flexibility index (Phi) is 4.71. The van der Waals surface area contributed by atoms with Gasteiger partial charge in [0.1, 0.15) is 11.6 Å². The first-order valence-electron chi connectivity index (χ1n) is 6.69. The van der Waals surface area contributed by atoms with E-state index in [1.165, 1.54) is 12.1 Å². The van der Waals surface area contributed by atoms with Crippen molar-refractivity contribution in [1.82, 2.24) is 10.2 Å². The number of hydrogen-bond donors (Lipinski definition) is 1. The van der Waals surface area contributed by atoms with E-state index in [9.17, 15) is 8.78 Å². The number of benzene rings is 1. The SMILES string of the molecule is CC(CN(C)c1ccc(F)cc1F)N1CCNCC1. The molecular weight excluding hydrogens is 248 g/mol. The minimum absolute atomic E-state index is 0.344. The van der Waals surface area contributed by atoms with E-state index in [-0.39, 0.29) is 0 Å². The number of halogens is 2. The smallest absolute Gasteiger partial charge is 0.149 e. The molecule has 1 unspecified atom stereocenters. The molecule has 1 fully saturated rings. The fourth-order valence-electron chi connectivity index (χ4n) is 2.52. The summed E-state index contributed by atoms with van der Waals surface area (Å²) >= 11 is 0. The molecule has 0 saturated carbocycles. The third-order valence-electron chi connectivity index (χ3n) is 3.63. The maximum absolute atomic E-state index is 13.7. The van der Waals surface area contributed by atoms with E-state index >= 15 is 0 Å². The molecule has 19 heavy (non-hydrogen) atoms. The highest BCUT2D eigenvalue weighted by molar-refractivity contribution is 5.47. The number of nitrogens with one attached hydrogen (secondary N) is 1. The van der Waals surface area contributed by atoms with Crippen LogP contribution in [0.15, 0.2) is 18.2 Å². The van der Waals surface area contributed by atoms with Crippen molar-refractivity contribution in [2.45, 2.75) is 13.0 Å². The number of nitrogens with zero attached hydrogens (tertiary/aromatic N) is 2. The summed E-state index contributed by atoms with van der Waals surface area (Å²) in [6.07, 6.45) is 0. The second-order valence-electron chi connectivity index (χ2n) is 5.11. The number of piperazine rings is 1. The van der Waals surface area contributed by atoms with E-state index in [0.29, 0.717) is 11.7 Å². The summed E-state index contributed by atoms with van der Waals surface area (Å²) in [6, 6.07) is 4.07. The van der Waals surface area contributed by atoms with Gasteiger partial charge < -0.3 is 10.2 Å². The normalized spacial score (nSPS) is 18.3. The average Bonchev–Trinajstić information content (AvgIpc) is 2.39. The van der Waals surface area contributed by atoms with E-state index < -0.39 is 11.6 Å². The Morgan fingerprint density at radius 1 is 1.32 bits per heavy atom. The lowest BCUT2D eigenvalue weighted by molar-refractivity contribution is 0.187. The van der Waals surface area contributed by atoms with Crippen molar-refractivity contribution in [3.8, 4) is 0 Å². The highest BCUT2D eigenvalue weighted by atomic mass is 19.1. The van der Waals surface area contributed by atoms with Crippen molar-refractivity contribution < 1.29 is 8.78 Å². The Labute approximate surface area is 113 Å². The molecule has 5 heteroatoms. The summed E-state index contributed by atoms with van der Waals surface area (Å²) in [5.74, 6) is -1.04. The Hall–Kier alpha value is -1.20. The van der Waals surface area contributed by atoms with Crippen LogP contribution in [-0.2, 0) is 0 Å². The van der Waals surface area contributed by atoms with Crippen molar-refractivity contribution in [3.05, 3.63) is 29.8 Å². The van der Waals surface area contributed by atoms with Crippen molar-refractivity contribution in [1.29, 1.82) is 0 Å². The first-order valence-corrected chi connectivity index (χ1v) is 6.69. The van der Waals surface area contributed by atoms with Gasteiger partial charge in [-0.05, 0) is 19.1 Å². The molecule has 1 atom stereocenters. The van der Waals surface area contributed by atoms with E-state index in [4.69, 9.17) is 0 Å². The fourth-order valence-corrected chi connectivity index (χ4v) is 2.52. The van der Waals surface area contributed by atoms with Crippen LogP contribution in [0.1, 0.15) is 6.92 Å². The van der Waals surface area contributed by atoms with Gasteiger partial charge in [0, 0.05) is 51.9 Å². The number of rotatable bonds is 4. The van der Waals surface area contributed by atoms with E-state index in [0.717, 1.165) is 38.8 Å². The van der Waals surface area contributed by atoms with E-state index in [1.807, 2.05) is 11.9 Å². The van der Waals surface area contributed by atoms with Gasteiger partial charge in [0.25, 0.3) is 0 Å². The molecule has 0 aromatic heterocycles. The van der Waals surface area contributed by atoms with Crippen LogP contribution in [0.25, 0.3) is 0 Å². The van der Waals surface area contributed by atoms with Gasteiger partial charge >= 0.3 is 0 Å². The van der Waals surface area contributed by atoms with Gasteiger partial charge in [-0.15, -0.1) is 0 Å². The number of hydrogen-bond acceptors (Lipinski definition) is 3. The van der Waals surface area contributed by atoms with Gasteiger partial charge in [0.15, 0.2) is 0 Å². The second-order valence-corrected chi connectivity index (χ2v) is 5.11. The first-order chi connectivity index (χ1) is 9.08. The van der Waals surface area contributed by atoms with Gasteiger partial charge in [-0.2, -0.15) is 0 Å². The molecule has 1 heterocycles. The predicted octanol–water partition coefficient (Wildman–Crippen LogP) is 1.69. The van der Waals surface area contributed by atoms with Gasteiger partial charge in [-0.3, -0.25) is 4.90 Å². The molecule has 0 aliphatic carbocycles. The lowest BCUT2D eigenvalue weighted by Gasteiger charge is -2.35. The largest absolute Gasteiger partial charge is 0.371 e. The van der Waals surface area contributed by atoms with Crippen LogP contribution in [0, 0.1) is 11.6 Å². The van der Waals surface area contributed by atoms with Crippen LogP contribution in [0.2, 0.25) is 0 Å². The topological polar surface area (TPSA) is 18.5 Å². The summed E-state index contributed by atoms with van der Waals surface area (Å²) in [5, 5.41) is 3.31. The Morgan fingerprint density at radius 2 is 2.00 bits per heavy atom. The molecule has 0 radical (unpaired) electrons. The molecule has 0 spiro atoms. The second kappa shape index (κ2) is 6.30. The Balaban J connectivity index is 1.97. The average molecular weight is 269 g/mol. The van der Waals surface area contributed by atoms with Gasteiger partial charge in [0.2, 0.25) is 0 Å². The van der Waals surface area contributed by atoms with Crippen LogP contribution >= 0.6 is 0 Å². The molecule has 1 saturated heterocycles. The highest BCUT2D eigenvalue weighted by Gasteiger charge is 2.19. The summed E-state index contributed by atoms with van der Waals surface area (Å²) in [7, 11) is 1.84. The van der Waals surface area contributed by atoms with Crippen molar-refractivity contribution in [2.24, 2.45) is 0 Å². The molecule has 1 N–H and O–H groups in total. The first kappa shape index (κ1) is 14.2. The lowest BCUT2D eigenvalue weighted by atomic mass is 10.2. The molecule has 106 valence electrons. The van der Waals surface area contributed by atoms with Crippen LogP contribution in [0.5, 0.6) is 0 Å². The standard InChI is InChI=1S/C14H21F2N3/c1-11(19-7-5-17-6-8-19)10-18(2)14-4-3-12(15)9-13(14)16/h3-4,9,11,17H,5-8,10H2,1-2H3. The van der Waals surface area contributed by atoms with Crippen LogP contribution in [0.3, 0.4) is 0 Å². The fraction of sp³-hybridized carbons (Fsp3) is 0.571. The number of anilines is 1. The zero-order valence-electron chi connectivity index (χ0n) is 11.5. The summed E-state index contributed by atoms with van der Waals surface area (Å²) in [6.45, 7) is 6.89. The molecule has 1 aromatic rings. The third kappa shape index (κ3) is 3.64. The van der Waals surface area contributed by atoms with Crippen LogP contribution in [0.4, 0.5) is 14.5 Å². The number of likely N-dealkylation sites (N-methyl/N-ethyl adjacent to an activating group) is 1. The third-order valence-corrected chi connectivity index (χ3v) is 3.63. The van der Waals surface area contributed by atoms with Crippen LogP contribution < -0.4 is 10.2 Å². The Bertz CT molecular complexity index is 419. The van der Waals surface area contributed by atoms with E-state index in [2.05, 4.69) is 17.1 Å². The van der Waals surface area contributed by atoms with Crippen molar-refractivity contribution in [2.75, 3.05) is 44.7 Å². The summed E-state index contributed by atoms with van der Waals surface area (Å²) in [5.41, 5.74) is 0.448. The Morgan fingerprint density at radius 3 is 2.63 bits per heavy atom. The summed E-state index contributed by atoms with van der Waals surface area (Å²) < 4.78 is 26.6. The van der Waals surface area contributed by atoms with Crippen molar-refractivity contribution >= 4 is 5.69 Å². The summed E-state index contributed by atoms with van der Waals surface area (Å²) in [4.78, 5) is 4.23. The van der Waals surface area contributed by atoms with Crippen LogP contribution in [-0.4, -0.2) is 50.7 Å². The van der Waals surface area contributed by atoms with Gasteiger partial charge in [-0.25, -0.2) is 8.78 Å². The predicted molar refractivity (Wildman–Crippen MR) is 73.5 cm³/mol. The lowest BCUT2D eigenvalue weighted by Crippen LogP contribution is -2.50. The molecule has 2 rings (SSSR count). The monoisotopic (exact) mass is 269 g/mol. The highest BCUT2D eigenvalue weighted by Crippen LogP contribution is 2.19. The molecule has 1 aliphatic heterocycles. The minimum atomic E-state index is -0.537. The van der Waals surface area contributed by atoms with Crippen molar-refractivity contribution in [3.63, 3.8) is 0 Å². The minimum Gasteiger partial charge on any atom is -0.371 e. The molecule has 0 amide bonds. The van der Waals surface area contributed by atoms with Gasteiger partial charge in [-0.1, -0.05) is 0 Å². The maximum atomic E-state index is 13.7. The zero-order valence-corrected chi connectivity index (χ0v) is 11.5. The maximum Gasteiger partial charge on any atom is 0.149 e. The molecular formula is C14H21F2N3. The molecule has 0 bridgehead atoms. The quantitative estimate of drug-likeness (QED) is 0.897. The zero-order chi connectivity index (χ0) is 13.8.